The predicted octanol–water partition coefficient (Wildman–Crippen LogP) is 1.26. The Morgan fingerprint density at radius 2 is 1.95 bits per heavy atom. The average molecular weight is 290 g/mol. The topological polar surface area (TPSA) is 83.6 Å². The Morgan fingerprint density at radius 1 is 1.33 bits per heavy atom. The number of benzene rings is 1. The highest BCUT2D eigenvalue weighted by atomic mass is 16.4. The molecule has 1 aliphatic heterocycles. The van der Waals surface area contributed by atoms with Crippen molar-refractivity contribution >= 4 is 11.9 Å². The van der Waals surface area contributed by atoms with Gasteiger partial charge in [-0.15, -0.1) is 0 Å². The fourth-order valence-corrected chi connectivity index (χ4v) is 2.85. The maximum absolute atomic E-state index is 12.7. The third-order valence-corrected chi connectivity index (χ3v) is 4.19. The normalized spacial score (nSPS) is 19.2. The molecular weight excluding hydrogens is 268 g/mol. The number of aliphatic carboxylic acids is 1. The van der Waals surface area contributed by atoms with Gasteiger partial charge in [0, 0.05) is 19.5 Å². The molecule has 114 valence electrons. The molecule has 3 N–H and O–H groups in total. The van der Waals surface area contributed by atoms with Crippen LogP contribution < -0.4 is 5.73 Å². The Balaban J connectivity index is 2.32. The molecule has 0 aliphatic carbocycles. The molecule has 1 aromatic carbocycles. The Bertz CT molecular complexity index is 542. The second-order valence-electron chi connectivity index (χ2n) is 5.88. The van der Waals surface area contributed by atoms with Gasteiger partial charge in [-0.3, -0.25) is 4.79 Å². The number of amides is 1. The van der Waals surface area contributed by atoms with E-state index in [4.69, 9.17) is 5.73 Å². The molecule has 1 amide bonds. The van der Waals surface area contributed by atoms with Crippen LogP contribution in [0.1, 0.15) is 25.0 Å². The molecule has 1 aliphatic rings. The Kier molecular flexibility index (Phi) is 4.63. The van der Waals surface area contributed by atoms with Crippen molar-refractivity contribution in [2.75, 3.05) is 6.54 Å². The van der Waals surface area contributed by atoms with Gasteiger partial charge in [0.05, 0.1) is 5.92 Å². The van der Waals surface area contributed by atoms with Crippen LogP contribution in [-0.2, 0) is 22.6 Å². The van der Waals surface area contributed by atoms with Crippen LogP contribution in [0.25, 0.3) is 0 Å². The smallest absolute Gasteiger partial charge is 0.326 e. The highest BCUT2D eigenvalue weighted by Gasteiger charge is 2.37. The molecule has 0 radical (unpaired) electrons. The van der Waals surface area contributed by atoms with Gasteiger partial charge in [-0.25, -0.2) is 4.79 Å². The molecule has 0 saturated carbocycles. The van der Waals surface area contributed by atoms with E-state index in [-0.39, 0.29) is 24.3 Å². The first-order valence-corrected chi connectivity index (χ1v) is 7.25. The number of hydrogen-bond acceptors (Lipinski definition) is 3. The van der Waals surface area contributed by atoms with Crippen LogP contribution in [0.3, 0.4) is 0 Å². The van der Waals surface area contributed by atoms with E-state index in [0.717, 1.165) is 11.1 Å². The van der Waals surface area contributed by atoms with Crippen LogP contribution in [0.4, 0.5) is 0 Å². The number of carboxylic acids is 1. The number of fused-ring (bicyclic) bond motifs is 1. The predicted molar refractivity (Wildman–Crippen MR) is 79.5 cm³/mol. The van der Waals surface area contributed by atoms with E-state index in [1.54, 1.807) is 0 Å². The summed E-state index contributed by atoms with van der Waals surface area (Å²) in [6.45, 7) is 4.45. The third kappa shape index (κ3) is 3.08. The van der Waals surface area contributed by atoms with Gasteiger partial charge in [0.15, 0.2) is 0 Å². The summed E-state index contributed by atoms with van der Waals surface area (Å²) in [5, 5.41) is 9.45. The fourth-order valence-electron chi connectivity index (χ4n) is 2.85. The van der Waals surface area contributed by atoms with Crippen LogP contribution in [-0.4, -0.2) is 34.5 Å². The lowest BCUT2D eigenvalue weighted by molar-refractivity contribution is -0.153. The molecule has 2 atom stereocenters. The first-order valence-electron chi connectivity index (χ1n) is 7.25. The Morgan fingerprint density at radius 3 is 2.48 bits per heavy atom. The quantitative estimate of drug-likeness (QED) is 0.874. The molecule has 21 heavy (non-hydrogen) atoms. The SMILES string of the molecule is CC(C)C(CN)C(=O)N1Cc2ccccc2C[C@H]1C(=O)O. The molecule has 1 heterocycles. The van der Waals surface area contributed by atoms with Crippen LogP contribution >= 0.6 is 0 Å². The molecule has 1 aromatic rings. The van der Waals surface area contributed by atoms with Gasteiger partial charge >= 0.3 is 5.97 Å². The highest BCUT2D eigenvalue weighted by molar-refractivity contribution is 5.86. The summed E-state index contributed by atoms with van der Waals surface area (Å²) in [4.78, 5) is 25.7. The summed E-state index contributed by atoms with van der Waals surface area (Å²) in [6, 6.07) is 6.87. The van der Waals surface area contributed by atoms with Crippen LogP contribution in [0.5, 0.6) is 0 Å². The van der Waals surface area contributed by atoms with Gasteiger partial charge in [-0.2, -0.15) is 0 Å². The number of carbonyl (C=O) groups excluding carboxylic acids is 1. The lowest BCUT2D eigenvalue weighted by Gasteiger charge is -2.37. The third-order valence-electron chi connectivity index (χ3n) is 4.19. The van der Waals surface area contributed by atoms with Crippen molar-refractivity contribution in [2.24, 2.45) is 17.6 Å². The summed E-state index contributed by atoms with van der Waals surface area (Å²) in [5.74, 6) is -1.36. The van der Waals surface area contributed by atoms with Crippen molar-refractivity contribution in [1.82, 2.24) is 4.90 Å². The van der Waals surface area contributed by atoms with E-state index in [1.165, 1.54) is 4.90 Å². The zero-order chi connectivity index (χ0) is 15.6. The van der Waals surface area contributed by atoms with Crippen LogP contribution in [0.15, 0.2) is 24.3 Å². The van der Waals surface area contributed by atoms with Crippen molar-refractivity contribution in [3.05, 3.63) is 35.4 Å². The molecule has 5 heteroatoms. The van der Waals surface area contributed by atoms with Gasteiger partial charge in [-0.05, 0) is 17.0 Å². The maximum Gasteiger partial charge on any atom is 0.326 e. The highest BCUT2D eigenvalue weighted by Crippen LogP contribution is 2.26. The summed E-state index contributed by atoms with van der Waals surface area (Å²) in [5.41, 5.74) is 7.72. The molecule has 2 rings (SSSR count). The van der Waals surface area contributed by atoms with Gasteiger partial charge in [0.2, 0.25) is 5.91 Å². The first kappa shape index (κ1) is 15.5. The van der Waals surface area contributed by atoms with Crippen LogP contribution in [0.2, 0.25) is 0 Å². The summed E-state index contributed by atoms with van der Waals surface area (Å²) in [6.07, 6.45) is 0.354. The van der Waals surface area contributed by atoms with Crippen molar-refractivity contribution in [3.63, 3.8) is 0 Å². The number of hydrogen-bond donors (Lipinski definition) is 2. The molecule has 0 aromatic heterocycles. The molecule has 0 spiro atoms. The van der Waals surface area contributed by atoms with E-state index in [9.17, 15) is 14.7 Å². The van der Waals surface area contributed by atoms with Crippen molar-refractivity contribution in [3.8, 4) is 0 Å². The van der Waals surface area contributed by atoms with Crippen LogP contribution in [0, 0.1) is 11.8 Å². The Hall–Kier alpha value is -1.88. The zero-order valence-electron chi connectivity index (χ0n) is 12.5. The number of carbonyl (C=O) groups is 2. The fraction of sp³-hybridized carbons (Fsp3) is 0.500. The number of nitrogens with two attached hydrogens (primary N) is 1. The maximum atomic E-state index is 12.7. The van der Waals surface area contributed by atoms with Gasteiger partial charge < -0.3 is 15.7 Å². The standard InChI is InChI=1S/C16H22N2O3/c1-10(2)13(8-17)15(19)18-9-12-6-4-3-5-11(12)7-14(18)16(20)21/h3-6,10,13-14H,7-9,17H2,1-2H3,(H,20,21)/t13?,14-/m0/s1. The average Bonchev–Trinajstić information content (AvgIpc) is 2.46. The number of nitrogens with zero attached hydrogens (tertiary/aromatic N) is 1. The second-order valence-corrected chi connectivity index (χ2v) is 5.88. The summed E-state index contributed by atoms with van der Waals surface area (Å²) in [7, 11) is 0. The van der Waals surface area contributed by atoms with E-state index >= 15 is 0 Å². The lowest BCUT2D eigenvalue weighted by atomic mass is 9.89. The van der Waals surface area contributed by atoms with Crippen molar-refractivity contribution < 1.29 is 14.7 Å². The second kappa shape index (κ2) is 6.26. The first-order chi connectivity index (χ1) is 9.95. The van der Waals surface area contributed by atoms with Crippen molar-refractivity contribution in [2.45, 2.75) is 32.9 Å². The minimum absolute atomic E-state index is 0.0918. The number of carboxylic acid groups (broad SMARTS) is 1. The summed E-state index contributed by atoms with van der Waals surface area (Å²) < 4.78 is 0. The monoisotopic (exact) mass is 290 g/mol. The Labute approximate surface area is 124 Å². The van der Waals surface area contributed by atoms with E-state index in [0.29, 0.717) is 13.0 Å². The summed E-state index contributed by atoms with van der Waals surface area (Å²) >= 11 is 0. The molecule has 0 bridgehead atoms. The van der Waals surface area contributed by atoms with Gasteiger partial charge in [-0.1, -0.05) is 38.1 Å². The van der Waals surface area contributed by atoms with E-state index < -0.39 is 12.0 Å². The largest absolute Gasteiger partial charge is 0.480 e. The van der Waals surface area contributed by atoms with Crippen molar-refractivity contribution in [1.29, 1.82) is 0 Å². The molecule has 0 saturated heterocycles. The van der Waals surface area contributed by atoms with Gasteiger partial charge in [0.25, 0.3) is 0 Å². The minimum atomic E-state index is -0.961. The lowest BCUT2D eigenvalue weighted by Crippen LogP contribution is -2.52. The zero-order valence-corrected chi connectivity index (χ0v) is 12.5. The minimum Gasteiger partial charge on any atom is -0.480 e. The molecule has 0 fully saturated rings. The molecule has 5 nitrogen and oxygen atoms in total. The molecule has 1 unspecified atom stereocenters. The van der Waals surface area contributed by atoms with E-state index in [2.05, 4.69) is 0 Å². The molecular formula is C16H22N2O3. The van der Waals surface area contributed by atoms with E-state index in [1.807, 2.05) is 38.1 Å². The van der Waals surface area contributed by atoms with Gasteiger partial charge in [0.1, 0.15) is 6.04 Å². The number of rotatable bonds is 4.